The number of imidazole rings is 1. The van der Waals surface area contributed by atoms with Crippen LogP contribution in [0, 0.1) is 17.7 Å². The summed E-state index contributed by atoms with van der Waals surface area (Å²) in [6, 6.07) is 3.21. The smallest absolute Gasteiger partial charge is 0.224 e. The summed E-state index contributed by atoms with van der Waals surface area (Å²) in [5, 5.41) is 7.07. The van der Waals surface area contributed by atoms with Gasteiger partial charge in [-0.15, -0.1) is 0 Å². The Morgan fingerprint density at radius 3 is 2.66 bits per heavy atom. The zero-order chi connectivity index (χ0) is 24.5. The number of aromatic nitrogens is 4. The lowest BCUT2D eigenvalue weighted by Gasteiger charge is -2.30. The van der Waals surface area contributed by atoms with E-state index in [-0.39, 0.29) is 27.8 Å². The predicted molar refractivity (Wildman–Crippen MR) is 138 cm³/mol. The third kappa shape index (κ3) is 5.20. The summed E-state index contributed by atoms with van der Waals surface area (Å²) >= 11 is 12.3. The van der Waals surface area contributed by atoms with E-state index in [0.717, 1.165) is 56.9 Å². The first kappa shape index (κ1) is 24.5. The molecule has 2 N–H and O–H groups in total. The molecular formula is C25H31Cl2FN6O. The first-order chi connectivity index (χ1) is 16.9. The number of halogens is 3. The van der Waals surface area contributed by atoms with E-state index in [4.69, 9.17) is 37.9 Å². The van der Waals surface area contributed by atoms with E-state index in [2.05, 4.69) is 34.0 Å². The molecule has 3 aromatic rings. The molecule has 1 saturated heterocycles. The fraction of sp³-hybridized carbons (Fsp3) is 0.560. The van der Waals surface area contributed by atoms with Crippen molar-refractivity contribution in [1.29, 1.82) is 0 Å². The van der Waals surface area contributed by atoms with Crippen molar-refractivity contribution in [3.05, 3.63) is 34.2 Å². The lowest BCUT2D eigenvalue weighted by molar-refractivity contribution is 0.0536. The first-order valence-corrected chi connectivity index (χ1v) is 13.2. The molecule has 0 amide bonds. The molecule has 2 aromatic heterocycles. The number of anilines is 3. The van der Waals surface area contributed by atoms with Gasteiger partial charge in [-0.1, -0.05) is 43.5 Å². The third-order valence-corrected chi connectivity index (χ3v) is 7.91. The minimum Gasteiger partial charge on any atom is -0.381 e. The lowest BCUT2D eigenvalue weighted by Crippen LogP contribution is -2.36. The highest BCUT2D eigenvalue weighted by molar-refractivity contribution is 6.36. The molecule has 3 heterocycles. The van der Waals surface area contributed by atoms with Crippen molar-refractivity contribution in [2.45, 2.75) is 64.5 Å². The highest BCUT2D eigenvalue weighted by atomic mass is 35.5. The van der Waals surface area contributed by atoms with Crippen molar-refractivity contribution in [2.24, 2.45) is 11.8 Å². The number of benzene rings is 1. The summed E-state index contributed by atoms with van der Waals surface area (Å²) in [6.07, 6.45) is 8.14. The quantitative estimate of drug-likeness (QED) is 0.364. The highest BCUT2D eigenvalue weighted by Crippen LogP contribution is 2.39. The molecule has 0 bridgehead atoms. The summed E-state index contributed by atoms with van der Waals surface area (Å²) in [5.41, 5.74) is 1.54. The van der Waals surface area contributed by atoms with Gasteiger partial charge in [0.2, 0.25) is 11.9 Å². The molecule has 7 nitrogen and oxygen atoms in total. The maximum atomic E-state index is 14.8. The molecule has 35 heavy (non-hydrogen) atoms. The number of ether oxygens (including phenoxy) is 1. The van der Waals surface area contributed by atoms with Crippen molar-refractivity contribution in [1.82, 2.24) is 19.5 Å². The SMILES string of the molecule is CC[C@H]1CC[C@@H](n2c(Nc3c(F)cc(Cl)cc3Cl)nc3cnc(N[C@@H]4CCOC[C@H]4C)nc32)CC1. The Morgan fingerprint density at radius 2 is 1.94 bits per heavy atom. The predicted octanol–water partition coefficient (Wildman–Crippen LogP) is 6.99. The minimum absolute atomic E-state index is 0.150. The van der Waals surface area contributed by atoms with Crippen LogP contribution in [0.25, 0.3) is 11.2 Å². The van der Waals surface area contributed by atoms with Crippen molar-refractivity contribution < 1.29 is 9.13 Å². The monoisotopic (exact) mass is 520 g/mol. The second-order valence-corrected chi connectivity index (χ2v) is 10.6. The van der Waals surface area contributed by atoms with Crippen LogP contribution in [-0.2, 0) is 4.74 Å². The Bertz CT molecular complexity index is 1170. The summed E-state index contributed by atoms with van der Waals surface area (Å²) in [5.74, 6) is 1.65. The van der Waals surface area contributed by atoms with Gasteiger partial charge in [-0.2, -0.15) is 4.98 Å². The molecule has 10 heteroatoms. The Morgan fingerprint density at radius 1 is 1.14 bits per heavy atom. The van der Waals surface area contributed by atoms with Gasteiger partial charge >= 0.3 is 0 Å². The van der Waals surface area contributed by atoms with E-state index in [1.807, 2.05) is 0 Å². The molecule has 2 aliphatic rings. The van der Waals surface area contributed by atoms with Crippen molar-refractivity contribution in [2.75, 3.05) is 23.8 Å². The Labute approximate surface area is 214 Å². The number of nitrogens with one attached hydrogen (secondary N) is 2. The molecule has 0 spiro atoms. The average molecular weight is 521 g/mol. The van der Waals surface area contributed by atoms with Crippen LogP contribution in [0.5, 0.6) is 0 Å². The van der Waals surface area contributed by atoms with Gasteiger partial charge in [0.05, 0.1) is 23.5 Å². The average Bonchev–Trinajstić information content (AvgIpc) is 3.20. The maximum absolute atomic E-state index is 14.8. The van der Waals surface area contributed by atoms with Crippen LogP contribution in [0.4, 0.5) is 22.0 Å². The molecule has 2 atom stereocenters. The van der Waals surface area contributed by atoms with Crippen LogP contribution in [-0.4, -0.2) is 38.8 Å². The van der Waals surface area contributed by atoms with Gasteiger partial charge < -0.3 is 15.4 Å². The second kappa shape index (κ2) is 10.4. The number of nitrogens with zero attached hydrogens (tertiary/aromatic N) is 4. The van der Waals surface area contributed by atoms with E-state index >= 15 is 0 Å². The standard InChI is InChI=1S/C25H31Cl2FN6O/c1-3-15-4-6-17(7-5-15)34-23-21(12-29-24(33-23)30-20-8-9-35-13-14(20)2)31-25(34)32-22-18(27)10-16(26)11-19(22)28/h10-12,14-15,17,20H,3-9,13H2,1-2H3,(H,31,32)(H,29,30,33)/t14-,15-,17+,20-/m1/s1. The van der Waals surface area contributed by atoms with E-state index in [9.17, 15) is 4.39 Å². The molecule has 188 valence electrons. The summed E-state index contributed by atoms with van der Waals surface area (Å²) in [7, 11) is 0. The van der Waals surface area contributed by atoms with Crippen molar-refractivity contribution >= 4 is 51.9 Å². The molecular weight excluding hydrogens is 490 g/mol. The van der Waals surface area contributed by atoms with Gasteiger partial charge in [0.25, 0.3) is 0 Å². The molecule has 0 radical (unpaired) electrons. The van der Waals surface area contributed by atoms with Gasteiger partial charge in [0.1, 0.15) is 11.3 Å². The van der Waals surface area contributed by atoms with Crippen LogP contribution in [0.15, 0.2) is 18.3 Å². The second-order valence-electron chi connectivity index (χ2n) is 9.75. The first-order valence-electron chi connectivity index (χ1n) is 12.4. The normalized spacial score (nSPS) is 25.1. The number of hydrogen-bond donors (Lipinski definition) is 2. The molecule has 1 saturated carbocycles. The Hall–Kier alpha value is -2.16. The van der Waals surface area contributed by atoms with E-state index in [0.29, 0.717) is 23.3 Å². The van der Waals surface area contributed by atoms with Gasteiger partial charge in [0, 0.05) is 23.7 Å². The van der Waals surface area contributed by atoms with E-state index < -0.39 is 5.82 Å². The summed E-state index contributed by atoms with van der Waals surface area (Å²) in [6.45, 7) is 5.86. The number of hydrogen-bond acceptors (Lipinski definition) is 6. The van der Waals surface area contributed by atoms with Gasteiger partial charge in [-0.3, -0.25) is 4.57 Å². The van der Waals surface area contributed by atoms with Crippen LogP contribution in [0.2, 0.25) is 10.0 Å². The molecule has 5 rings (SSSR count). The van der Waals surface area contributed by atoms with E-state index in [1.54, 1.807) is 6.20 Å². The molecule has 0 unspecified atom stereocenters. The third-order valence-electron chi connectivity index (χ3n) is 7.39. The van der Waals surface area contributed by atoms with Gasteiger partial charge in [-0.05, 0) is 56.1 Å². The molecule has 1 aliphatic carbocycles. The zero-order valence-corrected chi connectivity index (χ0v) is 21.5. The lowest BCUT2D eigenvalue weighted by atomic mass is 9.84. The highest BCUT2D eigenvalue weighted by Gasteiger charge is 2.28. The van der Waals surface area contributed by atoms with Crippen molar-refractivity contribution in [3.8, 4) is 0 Å². The molecule has 1 aromatic carbocycles. The van der Waals surface area contributed by atoms with E-state index in [1.165, 1.54) is 18.6 Å². The van der Waals surface area contributed by atoms with Crippen LogP contribution in [0.3, 0.4) is 0 Å². The Balaban J connectivity index is 1.53. The van der Waals surface area contributed by atoms with Crippen LogP contribution in [0.1, 0.15) is 58.4 Å². The van der Waals surface area contributed by atoms with Gasteiger partial charge in [-0.25, -0.2) is 14.4 Å². The fourth-order valence-electron chi connectivity index (χ4n) is 5.24. The van der Waals surface area contributed by atoms with Crippen molar-refractivity contribution in [3.63, 3.8) is 0 Å². The van der Waals surface area contributed by atoms with Crippen LogP contribution < -0.4 is 10.6 Å². The summed E-state index contributed by atoms with van der Waals surface area (Å²) in [4.78, 5) is 14.2. The maximum Gasteiger partial charge on any atom is 0.224 e. The Kier molecular flexibility index (Phi) is 7.32. The molecule has 1 aliphatic heterocycles. The fourth-order valence-corrected chi connectivity index (χ4v) is 5.76. The van der Waals surface area contributed by atoms with Crippen LogP contribution >= 0.6 is 23.2 Å². The number of fused-ring (bicyclic) bond motifs is 1. The summed E-state index contributed by atoms with van der Waals surface area (Å²) < 4.78 is 22.4. The topological polar surface area (TPSA) is 76.9 Å². The van der Waals surface area contributed by atoms with Gasteiger partial charge in [0.15, 0.2) is 5.65 Å². The largest absolute Gasteiger partial charge is 0.381 e. The minimum atomic E-state index is -0.530. The molecule has 2 fully saturated rings. The number of rotatable bonds is 6. The zero-order valence-electron chi connectivity index (χ0n) is 20.0.